The summed E-state index contributed by atoms with van der Waals surface area (Å²) >= 11 is 0. The van der Waals surface area contributed by atoms with E-state index >= 15 is 0 Å². The molecule has 1 rings (SSSR count). The van der Waals surface area contributed by atoms with Crippen LogP contribution in [-0.2, 0) is 9.59 Å². The van der Waals surface area contributed by atoms with E-state index in [0.29, 0.717) is 19.0 Å². The minimum Gasteiger partial charge on any atom is -0.480 e. The van der Waals surface area contributed by atoms with Crippen molar-refractivity contribution >= 4 is 11.9 Å². The Morgan fingerprint density at radius 1 is 1.47 bits per heavy atom. The fraction of sp³-hybridized carbons (Fsp3) is 0.800. The molecule has 86 valence electrons. The summed E-state index contributed by atoms with van der Waals surface area (Å²) in [4.78, 5) is 23.5. The Morgan fingerprint density at radius 2 is 2.13 bits per heavy atom. The smallest absolute Gasteiger partial charge is 0.317 e. The van der Waals surface area contributed by atoms with E-state index in [1.807, 2.05) is 4.90 Å². The van der Waals surface area contributed by atoms with Crippen LogP contribution in [0, 0.1) is 0 Å². The predicted octanol–water partition coefficient (Wildman–Crippen LogP) is 0.0616. The van der Waals surface area contributed by atoms with E-state index in [-0.39, 0.29) is 12.5 Å². The Kier molecular flexibility index (Phi) is 4.55. The third kappa shape index (κ3) is 4.78. The van der Waals surface area contributed by atoms with Gasteiger partial charge in [-0.05, 0) is 25.8 Å². The number of nitrogens with zero attached hydrogens (tertiary/aromatic N) is 1. The summed E-state index contributed by atoms with van der Waals surface area (Å²) in [5, 5.41) is 11.2. The molecule has 0 aliphatic heterocycles. The molecule has 0 heterocycles. The van der Waals surface area contributed by atoms with Crippen LogP contribution in [0.2, 0.25) is 0 Å². The van der Waals surface area contributed by atoms with Crippen LogP contribution in [0.3, 0.4) is 0 Å². The van der Waals surface area contributed by atoms with E-state index in [1.165, 1.54) is 0 Å². The summed E-state index contributed by atoms with van der Waals surface area (Å²) in [6.07, 6.45) is 3.38. The number of carbonyl (C=O) groups excluding carboxylic acids is 1. The maximum atomic E-state index is 11.0. The summed E-state index contributed by atoms with van der Waals surface area (Å²) in [7, 11) is 1.61. The Labute approximate surface area is 89.4 Å². The summed E-state index contributed by atoms with van der Waals surface area (Å²) in [5.74, 6) is -0.775. The lowest BCUT2D eigenvalue weighted by atomic mass is 10.2. The van der Waals surface area contributed by atoms with Gasteiger partial charge in [0.05, 0.1) is 6.54 Å². The molecule has 15 heavy (non-hydrogen) atoms. The third-order valence-corrected chi connectivity index (χ3v) is 2.53. The average Bonchev–Trinajstić information content (AvgIpc) is 2.98. The van der Waals surface area contributed by atoms with Gasteiger partial charge in [-0.1, -0.05) is 0 Å². The van der Waals surface area contributed by atoms with Crippen molar-refractivity contribution in [3.63, 3.8) is 0 Å². The number of carboxylic acids is 1. The van der Waals surface area contributed by atoms with Gasteiger partial charge in [0.15, 0.2) is 0 Å². The first-order valence-electron chi connectivity index (χ1n) is 5.30. The fourth-order valence-corrected chi connectivity index (χ4v) is 1.57. The zero-order valence-electron chi connectivity index (χ0n) is 9.03. The van der Waals surface area contributed by atoms with Crippen molar-refractivity contribution in [3.8, 4) is 0 Å². The van der Waals surface area contributed by atoms with Gasteiger partial charge in [0.1, 0.15) is 0 Å². The van der Waals surface area contributed by atoms with Crippen molar-refractivity contribution in [1.29, 1.82) is 0 Å². The first-order chi connectivity index (χ1) is 7.13. The molecule has 0 spiro atoms. The fourth-order valence-electron chi connectivity index (χ4n) is 1.57. The monoisotopic (exact) mass is 214 g/mol. The van der Waals surface area contributed by atoms with Crippen molar-refractivity contribution in [2.24, 2.45) is 0 Å². The van der Waals surface area contributed by atoms with Gasteiger partial charge in [0, 0.05) is 19.5 Å². The largest absolute Gasteiger partial charge is 0.480 e. The number of nitrogens with one attached hydrogen (secondary N) is 1. The summed E-state index contributed by atoms with van der Waals surface area (Å²) in [6.45, 7) is 0.794. The zero-order valence-corrected chi connectivity index (χ0v) is 9.03. The maximum absolute atomic E-state index is 11.0. The topological polar surface area (TPSA) is 69.6 Å². The van der Waals surface area contributed by atoms with Crippen molar-refractivity contribution in [2.75, 3.05) is 20.1 Å². The molecule has 1 aliphatic rings. The molecular formula is C10H18N2O3. The SMILES string of the molecule is CNC(=O)CCCN(CC(=O)O)C1CC1. The lowest BCUT2D eigenvalue weighted by Gasteiger charge is -2.18. The van der Waals surface area contributed by atoms with Gasteiger partial charge in [-0.2, -0.15) is 0 Å². The van der Waals surface area contributed by atoms with Gasteiger partial charge in [-0.3, -0.25) is 14.5 Å². The first-order valence-corrected chi connectivity index (χ1v) is 5.30. The van der Waals surface area contributed by atoms with Crippen molar-refractivity contribution < 1.29 is 14.7 Å². The van der Waals surface area contributed by atoms with E-state index in [4.69, 9.17) is 5.11 Å². The van der Waals surface area contributed by atoms with Gasteiger partial charge in [-0.15, -0.1) is 0 Å². The predicted molar refractivity (Wildman–Crippen MR) is 55.5 cm³/mol. The van der Waals surface area contributed by atoms with Crippen LogP contribution in [0.1, 0.15) is 25.7 Å². The highest BCUT2D eigenvalue weighted by Crippen LogP contribution is 2.26. The van der Waals surface area contributed by atoms with Gasteiger partial charge in [0.2, 0.25) is 5.91 Å². The van der Waals surface area contributed by atoms with Crippen LogP contribution in [0.15, 0.2) is 0 Å². The molecular weight excluding hydrogens is 196 g/mol. The number of aliphatic carboxylic acids is 1. The molecule has 0 unspecified atom stereocenters. The van der Waals surface area contributed by atoms with Crippen molar-refractivity contribution in [3.05, 3.63) is 0 Å². The molecule has 1 saturated carbocycles. The Morgan fingerprint density at radius 3 is 2.60 bits per heavy atom. The summed E-state index contributed by atoms with van der Waals surface area (Å²) in [5.41, 5.74) is 0. The quantitative estimate of drug-likeness (QED) is 0.629. The lowest BCUT2D eigenvalue weighted by Crippen LogP contribution is -2.33. The van der Waals surface area contributed by atoms with E-state index < -0.39 is 5.97 Å². The van der Waals surface area contributed by atoms with Crippen LogP contribution in [0.25, 0.3) is 0 Å². The van der Waals surface area contributed by atoms with E-state index in [1.54, 1.807) is 7.05 Å². The first kappa shape index (κ1) is 12.0. The molecule has 5 heteroatoms. The molecule has 1 amide bonds. The second kappa shape index (κ2) is 5.70. The highest BCUT2D eigenvalue weighted by Gasteiger charge is 2.29. The molecule has 0 radical (unpaired) electrons. The molecule has 0 atom stereocenters. The van der Waals surface area contributed by atoms with Gasteiger partial charge >= 0.3 is 5.97 Å². The van der Waals surface area contributed by atoms with Gasteiger partial charge < -0.3 is 10.4 Å². The number of hydrogen-bond donors (Lipinski definition) is 2. The standard InChI is InChI=1S/C10H18N2O3/c1-11-9(13)3-2-6-12(7-10(14)15)8-4-5-8/h8H,2-7H2,1H3,(H,11,13)(H,14,15). The number of rotatable bonds is 7. The van der Waals surface area contributed by atoms with E-state index in [0.717, 1.165) is 19.3 Å². The average molecular weight is 214 g/mol. The maximum Gasteiger partial charge on any atom is 0.317 e. The van der Waals surface area contributed by atoms with Crippen LogP contribution < -0.4 is 5.32 Å². The third-order valence-electron chi connectivity index (χ3n) is 2.53. The zero-order chi connectivity index (χ0) is 11.3. The van der Waals surface area contributed by atoms with Gasteiger partial charge in [0.25, 0.3) is 0 Å². The minimum atomic E-state index is -0.790. The normalized spacial score (nSPS) is 15.3. The Balaban J connectivity index is 2.19. The second-order valence-corrected chi connectivity index (χ2v) is 3.87. The molecule has 0 bridgehead atoms. The molecule has 0 saturated heterocycles. The van der Waals surface area contributed by atoms with Crippen LogP contribution in [-0.4, -0.2) is 48.1 Å². The molecule has 1 aliphatic carbocycles. The lowest BCUT2D eigenvalue weighted by molar-refractivity contribution is -0.138. The molecule has 2 N–H and O–H groups in total. The van der Waals surface area contributed by atoms with E-state index in [9.17, 15) is 9.59 Å². The van der Waals surface area contributed by atoms with Crippen LogP contribution in [0.4, 0.5) is 0 Å². The number of hydrogen-bond acceptors (Lipinski definition) is 3. The number of amides is 1. The molecule has 5 nitrogen and oxygen atoms in total. The van der Waals surface area contributed by atoms with E-state index in [2.05, 4.69) is 5.32 Å². The molecule has 0 aromatic heterocycles. The summed E-state index contributed by atoms with van der Waals surface area (Å²) < 4.78 is 0. The van der Waals surface area contributed by atoms with Crippen LogP contribution >= 0.6 is 0 Å². The number of carbonyl (C=O) groups is 2. The van der Waals surface area contributed by atoms with Crippen molar-refractivity contribution in [2.45, 2.75) is 31.7 Å². The molecule has 0 aromatic carbocycles. The molecule has 0 aromatic rings. The number of carboxylic acid groups (broad SMARTS) is 1. The second-order valence-electron chi connectivity index (χ2n) is 3.87. The minimum absolute atomic E-state index is 0.0149. The summed E-state index contributed by atoms with van der Waals surface area (Å²) in [6, 6.07) is 0.436. The Hall–Kier alpha value is -1.10. The highest BCUT2D eigenvalue weighted by atomic mass is 16.4. The Bertz CT molecular complexity index is 239. The van der Waals surface area contributed by atoms with Gasteiger partial charge in [-0.25, -0.2) is 0 Å². The highest BCUT2D eigenvalue weighted by molar-refractivity contribution is 5.75. The van der Waals surface area contributed by atoms with Crippen molar-refractivity contribution in [1.82, 2.24) is 10.2 Å². The van der Waals surface area contributed by atoms with Crippen LogP contribution in [0.5, 0.6) is 0 Å². The molecule has 1 fully saturated rings.